The molecule has 0 saturated heterocycles. The Morgan fingerprint density at radius 3 is 1.38 bits per heavy atom. The summed E-state index contributed by atoms with van der Waals surface area (Å²) in [5.41, 5.74) is 3.43. The monoisotopic (exact) mass is 562 g/mol. The van der Waals surface area contributed by atoms with E-state index in [0.29, 0.717) is 11.7 Å². The minimum Gasteiger partial charge on any atom is -0.507 e. The first kappa shape index (κ1) is 36.3. The van der Waals surface area contributed by atoms with Crippen molar-refractivity contribution in [3.8, 4) is 5.75 Å². The van der Waals surface area contributed by atoms with Crippen LogP contribution in [0, 0.1) is 0 Å². The Labute approximate surface area is 250 Å². The van der Waals surface area contributed by atoms with Crippen molar-refractivity contribution in [2.75, 3.05) is 0 Å². The molecule has 0 aliphatic heterocycles. The molecule has 0 aromatic heterocycles. The molecule has 0 radical (unpaired) electrons. The average molecular weight is 563 g/mol. The second kappa shape index (κ2) is 19.4. The van der Waals surface area contributed by atoms with Gasteiger partial charge < -0.3 is 5.11 Å². The molecule has 0 bridgehead atoms. The quantitative estimate of drug-likeness (QED) is 0.117. The van der Waals surface area contributed by atoms with Crippen molar-refractivity contribution < 1.29 is 5.11 Å². The summed E-state index contributed by atoms with van der Waals surface area (Å²) in [6.07, 6.45) is 25.2. The first-order valence-corrected chi connectivity index (χ1v) is 17.4. The third-order valence-electron chi connectivity index (χ3n) is 8.58. The van der Waals surface area contributed by atoms with E-state index < -0.39 is 0 Å². The molecule has 0 fully saturated rings. The molecule has 0 amide bonds. The van der Waals surface area contributed by atoms with Crippen LogP contribution in [0.1, 0.15) is 200 Å². The van der Waals surface area contributed by atoms with Crippen LogP contribution in [0.25, 0.3) is 0 Å². The van der Waals surface area contributed by atoms with Gasteiger partial charge in [-0.1, -0.05) is 164 Å². The molecule has 39 heavy (non-hydrogen) atoms. The van der Waals surface area contributed by atoms with Crippen LogP contribution in [-0.2, 0) is 10.8 Å². The van der Waals surface area contributed by atoms with Crippen LogP contribution in [0.2, 0.25) is 0 Å². The lowest BCUT2D eigenvalue weighted by molar-refractivity contribution is 0.420. The third kappa shape index (κ3) is 15.2. The molecule has 1 rings (SSSR count). The van der Waals surface area contributed by atoms with Crippen LogP contribution in [0.15, 0.2) is 12.1 Å². The van der Waals surface area contributed by atoms with Crippen molar-refractivity contribution in [1.29, 1.82) is 0 Å². The second-order valence-corrected chi connectivity index (χ2v) is 15.1. The lowest BCUT2D eigenvalue weighted by atomic mass is 9.76. The highest BCUT2D eigenvalue weighted by Crippen LogP contribution is 2.43. The average Bonchev–Trinajstić information content (AvgIpc) is 2.86. The first-order chi connectivity index (χ1) is 18.4. The number of hydrogen-bond acceptors (Lipinski definition) is 1. The normalized spacial score (nSPS) is 14.1. The largest absolute Gasteiger partial charge is 0.507 e. The highest BCUT2D eigenvalue weighted by molar-refractivity contribution is 6.20. The number of rotatable bonds is 21. The Morgan fingerprint density at radius 2 is 0.974 bits per heavy atom. The maximum atomic E-state index is 11.3. The van der Waals surface area contributed by atoms with Gasteiger partial charge in [-0.15, -0.1) is 11.6 Å². The van der Waals surface area contributed by atoms with Gasteiger partial charge in [0.1, 0.15) is 5.75 Å². The highest BCUT2D eigenvalue weighted by atomic mass is 35.5. The summed E-state index contributed by atoms with van der Waals surface area (Å²) < 4.78 is 0. The number of aromatic hydroxyl groups is 1. The lowest BCUT2D eigenvalue weighted by Gasteiger charge is -2.30. The molecule has 2 atom stereocenters. The zero-order chi connectivity index (χ0) is 29.3. The highest BCUT2D eigenvalue weighted by Gasteiger charge is 2.28. The number of phenolic OH excluding ortho intramolecular Hbond substituents is 1. The van der Waals surface area contributed by atoms with Crippen molar-refractivity contribution in [3.63, 3.8) is 0 Å². The predicted molar refractivity (Wildman–Crippen MR) is 177 cm³/mol. The maximum Gasteiger partial charge on any atom is 0.123 e. The van der Waals surface area contributed by atoms with Crippen molar-refractivity contribution in [2.45, 2.75) is 200 Å². The molecule has 0 heterocycles. The van der Waals surface area contributed by atoms with E-state index in [0.717, 1.165) is 30.4 Å². The fraction of sp³-hybridized carbons (Fsp3) is 0.838. The SMILES string of the molecule is CCCCCCCCCCCCCCCC(CCC(Cl)CCCC)c1cc(C(C)(C)C)c(O)c(C(C)(C)C)c1. The Bertz CT molecular complexity index is 719. The molecule has 2 unspecified atom stereocenters. The van der Waals surface area contributed by atoms with E-state index in [9.17, 15) is 5.11 Å². The first-order valence-electron chi connectivity index (χ1n) is 16.9. The van der Waals surface area contributed by atoms with E-state index in [1.165, 1.54) is 108 Å². The van der Waals surface area contributed by atoms with Gasteiger partial charge in [0.25, 0.3) is 0 Å². The van der Waals surface area contributed by atoms with Crippen LogP contribution in [-0.4, -0.2) is 10.5 Å². The summed E-state index contributed by atoms with van der Waals surface area (Å²) in [7, 11) is 0. The summed E-state index contributed by atoms with van der Waals surface area (Å²) in [5.74, 6) is 1.01. The predicted octanol–water partition coefficient (Wildman–Crippen LogP) is 13.1. The number of halogens is 1. The minimum absolute atomic E-state index is 0.0870. The zero-order valence-corrected chi connectivity index (χ0v) is 28.3. The van der Waals surface area contributed by atoms with Gasteiger partial charge in [-0.3, -0.25) is 0 Å². The third-order valence-corrected chi connectivity index (χ3v) is 9.01. The molecule has 1 N–H and O–H groups in total. The van der Waals surface area contributed by atoms with Crippen molar-refractivity contribution in [1.82, 2.24) is 0 Å². The molecule has 0 spiro atoms. The van der Waals surface area contributed by atoms with Crippen molar-refractivity contribution in [2.24, 2.45) is 0 Å². The minimum atomic E-state index is -0.0870. The van der Waals surface area contributed by atoms with Gasteiger partial charge in [0.05, 0.1) is 0 Å². The molecule has 0 aliphatic rings. The Hall–Kier alpha value is -0.690. The number of phenols is 1. The van der Waals surface area contributed by atoms with Gasteiger partial charge in [-0.25, -0.2) is 0 Å². The molecular weight excluding hydrogens is 496 g/mol. The van der Waals surface area contributed by atoms with Crippen LogP contribution < -0.4 is 0 Å². The topological polar surface area (TPSA) is 20.2 Å². The fourth-order valence-corrected chi connectivity index (χ4v) is 6.15. The summed E-state index contributed by atoms with van der Waals surface area (Å²) in [5, 5.41) is 11.5. The summed E-state index contributed by atoms with van der Waals surface area (Å²) >= 11 is 6.77. The smallest absolute Gasteiger partial charge is 0.123 e. The lowest BCUT2D eigenvalue weighted by Crippen LogP contribution is -2.19. The number of benzene rings is 1. The Balaban J connectivity index is 2.75. The number of alkyl halides is 1. The van der Waals surface area contributed by atoms with Crippen LogP contribution in [0.4, 0.5) is 0 Å². The second-order valence-electron chi connectivity index (χ2n) is 14.5. The molecule has 1 aromatic carbocycles. The van der Waals surface area contributed by atoms with Crippen molar-refractivity contribution in [3.05, 3.63) is 28.8 Å². The molecule has 1 nitrogen and oxygen atoms in total. The van der Waals surface area contributed by atoms with Crippen LogP contribution >= 0.6 is 11.6 Å². The Morgan fingerprint density at radius 1 is 0.564 bits per heavy atom. The molecule has 1 aromatic rings. The molecular formula is C37H67ClO. The maximum absolute atomic E-state index is 11.3. The van der Waals surface area contributed by atoms with Crippen LogP contribution in [0.3, 0.4) is 0 Å². The van der Waals surface area contributed by atoms with E-state index >= 15 is 0 Å². The summed E-state index contributed by atoms with van der Waals surface area (Å²) in [6.45, 7) is 17.9. The summed E-state index contributed by atoms with van der Waals surface area (Å²) in [4.78, 5) is 0. The molecule has 228 valence electrons. The Kier molecular flexibility index (Phi) is 18.1. The summed E-state index contributed by atoms with van der Waals surface area (Å²) in [6, 6.07) is 4.65. The van der Waals surface area contributed by atoms with Gasteiger partial charge in [-0.05, 0) is 59.1 Å². The van der Waals surface area contributed by atoms with Crippen LogP contribution in [0.5, 0.6) is 5.75 Å². The molecule has 2 heteroatoms. The molecule has 0 aliphatic carbocycles. The van der Waals surface area contributed by atoms with Gasteiger partial charge in [0.15, 0.2) is 0 Å². The van der Waals surface area contributed by atoms with Gasteiger partial charge >= 0.3 is 0 Å². The van der Waals surface area contributed by atoms with E-state index in [-0.39, 0.29) is 16.2 Å². The van der Waals surface area contributed by atoms with Gasteiger partial charge in [0.2, 0.25) is 0 Å². The standard InChI is InChI=1S/C37H67ClO/c1-9-11-13-14-15-16-17-18-19-20-21-22-23-24-30(26-27-32(38)25-12-10-2)31-28-33(36(3,4)5)35(39)34(29-31)37(6,7)8/h28-30,32,39H,9-27H2,1-8H3. The number of hydrogen-bond donors (Lipinski definition) is 1. The molecule has 0 saturated carbocycles. The van der Waals surface area contributed by atoms with E-state index in [4.69, 9.17) is 11.6 Å². The van der Waals surface area contributed by atoms with Gasteiger partial charge in [-0.2, -0.15) is 0 Å². The zero-order valence-electron chi connectivity index (χ0n) is 27.6. The fourth-order valence-electron chi connectivity index (χ4n) is 5.87. The van der Waals surface area contributed by atoms with Gasteiger partial charge in [0, 0.05) is 5.38 Å². The van der Waals surface area contributed by atoms with E-state index in [1.807, 2.05) is 0 Å². The van der Waals surface area contributed by atoms with E-state index in [1.54, 1.807) is 0 Å². The van der Waals surface area contributed by atoms with Crippen molar-refractivity contribution >= 4 is 11.6 Å². The van der Waals surface area contributed by atoms with E-state index in [2.05, 4.69) is 67.5 Å². The number of unbranched alkanes of at least 4 members (excludes halogenated alkanes) is 13.